The Morgan fingerprint density at radius 2 is 1.64 bits per heavy atom. The Balaban J connectivity index is 0.00000280. The number of carbonyl (C=O) groups excluding carboxylic acids is 2. The summed E-state index contributed by atoms with van der Waals surface area (Å²) >= 11 is 0. The van der Waals surface area contributed by atoms with E-state index in [1.54, 1.807) is 0 Å². The number of hydrogen-bond acceptors (Lipinski definition) is 4. The molecule has 1 aliphatic heterocycles. The highest BCUT2D eigenvalue weighted by atomic mass is 35.5. The van der Waals surface area contributed by atoms with E-state index in [0.717, 1.165) is 12.3 Å². The number of nitrogens with zero attached hydrogens (tertiary/aromatic N) is 2. The monoisotopic (exact) mass is 415 g/mol. The van der Waals surface area contributed by atoms with Crippen molar-refractivity contribution in [2.24, 2.45) is 17.1 Å². The lowest BCUT2D eigenvalue weighted by Gasteiger charge is -2.59. The van der Waals surface area contributed by atoms with Crippen molar-refractivity contribution in [1.82, 2.24) is 9.80 Å². The second-order valence-electron chi connectivity index (χ2n) is 9.20. The Morgan fingerprint density at radius 3 is 2.18 bits per heavy atom. The van der Waals surface area contributed by atoms with Crippen molar-refractivity contribution < 1.29 is 14.3 Å². The van der Waals surface area contributed by atoms with E-state index in [1.165, 1.54) is 25.7 Å². The Morgan fingerprint density at radius 1 is 1.07 bits per heavy atom. The van der Waals surface area contributed by atoms with Crippen molar-refractivity contribution in [2.45, 2.75) is 77.4 Å². The maximum Gasteiger partial charge on any atom is 0.243 e. The first-order valence-corrected chi connectivity index (χ1v) is 10.8. The molecule has 1 heterocycles. The number of hydrogen-bond donors (Lipinski definition) is 1. The summed E-state index contributed by atoms with van der Waals surface area (Å²) in [6, 6.07) is 0. The molecule has 0 aromatic carbocycles. The van der Waals surface area contributed by atoms with Gasteiger partial charge in [-0.2, -0.15) is 0 Å². The molecule has 2 atom stereocenters. The minimum absolute atomic E-state index is 0. The van der Waals surface area contributed by atoms with Crippen LogP contribution >= 0.6 is 12.4 Å². The van der Waals surface area contributed by atoms with Crippen LogP contribution in [0.15, 0.2) is 0 Å². The zero-order valence-electron chi connectivity index (χ0n) is 17.7. The zero-order chi connectivity index (χ0) is 19.7. The number of ether oxygens (including phenoxy) is 1. The van der Waals surface area contributed by atoms with Gasteiger partial charge in [0, 0.05) is 51.0 Å². The molecule has 6 nitrogen and oxygen atoms in total. The van der Waals surface area contributed by atoms with Gasteiger partial charge < -0.3 is 20.3 Å². The highest BCUT2D eigenvalue weighted by molar-refractivity contribution is 5.89. The average Bonchev–Trinajstić information content (AvgIpc) is 3.19. The average molecular weight is 416 g/mol. The van der Waals surface area contributed by atoms with Crippen LogP contribution in [0.3, 0.4) is 0 Å². The molecule has 0 aromatic heterocycles. The van der Waals surface area contributed by atoms with Crippen LogP contribution in [0.1, 0.15) is 65.7 Å². The van der Waals surface area contributed by atoms with Crippen LogP contribution in [-0.4, -0.2) is 66.0 Å². The number of halogens is 1. The SMILES string of the molecule is CCOC1CC(N)(C(=O)N2CCN(C(=O)CCC3CCCC3)CC2)C1(C)C.Cl. The summed E-state index contributed by atoms with van der Waals surface area (Å²) < 4.78 is 5.74. The van der Waals surface area contributed by atoms with Gasteiger partial charge in [0.2, 0.25) is 11.8 Å². The van der Waals surface area contributed by atoms with Crippen molar-refractivity contribution in [3.8, 4) is 0 Å². The summed E-state index contributed by atoms with van der Waals surface area (Å²) in [6.45, 7) is 9.08. The van der Waals surface area contributed by atoms with E-state index in [1.807, 2.05) is 30.6 Å². The van der Waals surface area contributed by atoms with Crippen LogP contribution in [0.2, 0.25) is 0 Å². The minimum Gasteiger partial charge on any atom is -0.378 e. The smallest absolute Gasteiger partial charge is 0.243 e. The number of amides is 2. The number of rotatable bonds is 6. The molecular formula is C21H38ClN3O3. The van der Waals surface area contributed by atoms with Crippen molar-refractivity contribution in [3.63, 3.8) is 0 Å². The molecule has 3 aliphatic rings. The van der Waals surface area contributed by atoms with Gasteiger partial charge >= 0.3 is 0 Å². The molecular weight excluding hydrogens is 378 g/mol. The molecule has 1 saturated heterocycles. The quantitative estimate of drug-likeness (QED) is 0.723. The van der Waals surface area contributed by atoms with Gasteiger partial charge in [-0.25, -0.2) is 0 Å². The van der Waals surface area contributed by atoms with Crippen LogP contribution in [0.4, 0.5) is 0 Å². The highest BCUT2D eigenvalue weighted by Gasteiger charge is 2.63. The largest absolute Gasteiger partial charge is 0.378 e. The van der Waals surface area contributed by atoms with Gasteiger partial charge in [0.05, 0.1) is 6.10 Å². The predicted molar refractivity (Wildman–Crippen MR) is 112 cm³/mol. The van der Waals surface area contributed by atoms with Gasteiger partial charge in [-0.05, 0) is 19.3 Å². The Labute approximate surface area is 175 Å². The summed E-state index contributed by atoms with van der Waals surface area (Å²) in [6.07, 6.45) is 7.50. The van der Waals surface area contributed by atoms with Gasteiger partial charge in [0.15, 0.2) is 0 Å². The van der Waals surface area contributed by atoms with E-state index in [4.69, 9.17) is 10.5 Å². The van der Waals surface area contributed by atoms with Crippen molar-refractivity contribution in [2.75, 3.05) is 32.8 Å². The van der Waals surface area contributed by atoms with E-state index in [-0.39, 0.29) is 35.7 Å². The zero-order valence-corrected chi connectivity index (χ0v) is 18.6. The molecule has 0 radical (unpaired) electrons. The first-order chi connectivity index (χ1) is 12.8. The molecule has 2 amide bonds. The normalized spacial score (nSPS) is 29.9. The van der Waals surface area contributed by atoms with Gasteiger partial charge in [-0.3, -0.25) is 9.59 Å². The number of piperazine rings is 1. The standard InChI is InChI=1S/C21H37N3O3.ClH/c1-4-27-17-15-21(22,20(17,2)3)19(26)24-13-11-23(12-14-24)18(25)10-9-16-7-5-6-8-16;/h16-17H,4-15,22H2,1-3H3;1H. The number of carbonyl (C=O) groups is 2. The highest BCUT2D eigenvalue weighted by Crippen LogP contribution is 2.50. The molecule has 162 valence electrons. The molecule has 0 bridgehead atoms. The lowest BCUT2D eigenvalue weighted by atomic mass is 9.54. The van der Waals surface area contributed by atoms with Crippen LogP contribution in [0.25, 0.3) is 0 Å². The maximum atomic E-state index is 13.1. The summed E-state index contributed by atoms with van der Waals surface area (Å²) in [5.74, 6) is 1.01. The number of nitrogens with two attached hydrogens (primary N) is 1. The van der Waals surface area contributed by atoms with E-state index < -0.39 is 5.54 Å². The summed E-state index contributed by atoms with van der Waals surface area (Å²) in [7, 11) is 0. The molecule has 2 N–H and O–H groups in total. The lowest BCUT2D eigenvalue weighted by Crippen LogP contribution is -2.76. The van der Waals surface area contributed by atoms with Crippen LogP contribution in [-0.2, 0) is 14.3 Å². The first kappa shape index (κ1) is 23.4. The first-order valence-electron chi connectivity index (χ1n) is 10.8. The van der Waals surface area contributed by atoms with E-state index in [9.17, 15) is 9.59 Å². The fraction of sp³-hybridized carbons (Fsp3) is 0.905. The topological polar surface area (TPSA) is 75.9 Å². The molecule has 3 rings (SSSR count). The predicted octanol–water partition coefficient (Wildman–Crippen LogP) is 2.58. The lowest BCUT2D eigenvalue weighted by molar-refractivity contribution is -0.180. The Bertz CT molecular complexity index is 557. The third kappa shape index (κ3) is 4.34. The van der Waals surface area contributed by atoms with Crippen LogP contribution in [0.5, 0.6) is 0 Å². The van der Waals surface area contributed by atoms with Crippen molar-refractivity contribution in [3.05, 3.63) is 0 Å². The second kappa shape index (κ2) is 9.31. The molecule has 2 aliphatic carbocycles. The van der Waals surface area contributed by atoms with E-state index in [2.05, 4.69) is 0 Å². The molecule has 28 heavy (non-hydrogen) atoms. The molecule has 3 fully saturated rings. The molecule has 0 aromatic rings. The summed E-state index contributed by atoms with van der Waals surface area (Å²) in [5.41, 5.74) is 5.31. The third-order valence-electron chi connectivity index (χ3n) is 7.37. The summed E-state index contributed by atoms with van der Waals surface area (Å²) in [4.78, 5) is 29.4. The van der Waals surface area contributed by atoms with Crippen molar-refractivity contribution in [1.29, 1.82) is 0 Å². The Kier molecular flexibility index (Phi) is 7.79. The summed E-state index contributed by atoms with van der Waals surface area (Å²) in [5, 5.41) is 0. The van der Waals surface area contributed by atoms with Gasteiger partial charge in [0.1, 0.15) is 5.54 Å². The van der Waals surface area contributed by atoms with Crippen molar-refractivity contribution >= 4 is 24.2 Å². The molecule has 2 unspecified atom stereocenters. The maximum absolute atomic E-state index is 13.1. The molecule has 0 spiro atoms. The third-order valence-corrected chi connectivity index (χ3v) is 7.37. The second-order valence-corrected chi connectivity index (χ2v) is 9.20. The molecule has 7 heteroatoms. The van der Waals surface area contributed by atoms with E-state index in [0.29, 0.717) is 45.6 Å². The van der Waals surface area contributed by atoms with Gasteiger partial charge in [-0.15, -0.1) is 12.4 Å². The van der Waals surface area contributed by atoms with Gasteiger partial charge in [-0.1, -0.05) is 39.5 Å². The van der Waals surface area contributed by atoms with Gasteiger partial charge in [0.25, 0.3) is 0 Å². The van der Waals surface area contributed by atoms with Crippen LogP contribution in [0, 0.1) is 11.3 Å². The fourth-order valence-electron chi connectivity index (χ4n) is 5.02. The van der Waals surface area contributed by atoms with Crippen LogP contribution < -0.4 is 5.73 Å². The Hall–Kier alpha value is -0.850. The minimum atomic E-state index is -0.860. The fourth-order valence-corrected chi connectivity index (χ4v) is 5.02. The van der Waals surface area contributed by atoms with E-state index >= 15 is 0 Å². The molecule has 2 saturated carbocycles.